The molecule has 1 rings (SSSR count). The maximum atomic E-state index is 12.1. The van der Waals surface area contributed by atoms with Crippen LogP contribution in [0.25, 0.3) is 0 Å². The summed E-state index contributed by atoms with van der Waals surface area (Å²) in [6.07, 6.45) is 1.47. The summed E-state index contributed by atoms with van der Waals surface area (Å²) in [5.74, 6) is -1.18. The summed E-state index contributed by atoms with van der Waals surface area (Å²) in [5.41, 5.74) is 0. The Morgan fingerprint density at radius 2 is 2.12 bits per heavy atom. The second-order valence-corrected chi connectivity index (χ2v) is 4.45. The Balaban J connectivity index is 2.58. The second kappa shape index (κ2) is 6.00. The Kier molecular flexibility index (Phi) is 4.93. The van der Waals surface area contributed by atoms with E-state index in [0.717, 1.165) is 12.8 Å². The molecule has 1 aliphatic carbocycles. The lowest BCUT2D eigenvalue weighted by molar-refractivity contribution is -0.147. The predicted octanol–water partition coefficient (Wildman–Crippen LogP) is 1.12. The SMILES string of the molecule is CCOC1CC1C(=O)N(CC(=O)O)C(C)CC. The highest BCUT2D eigenvalue weighted by molar-refractivity contribution is 5.85. The van der Waals surface area contributed by atoms with Crippen molar-refractivity contribution in [3.8, 4) is 0 Å². The van der Waals surface area contributed by atoms with E-state index in [-0.39, 0.29) is 30.5 Å². The van der Waals surface area contributed by atoms with E-state index in [9.17, 15) is 9.59 Å². The summed E-state index contributed by atoms with van der Waals surface area (Å²) >= 11 is 0. The molecule has 1 N–H and O–H groups in total. The van der Waals surface area contributed by atoms with Gasteiger partial charge in [-0.25, -0.2) is 0 Å². The minimum atomic E-state index is -0.966. The first-order valence-corrected chi connectivity index (χ1v) is 6.15. The first kappa shape index (κ1) is 14.0. The van der Waals surface area contributed by atoms with Gasteiger partial charge < -0.3 is 14.7 Å². The summed E-state index contributed by atoms with van der Waals surface area (Å²) in [4.78, 5) is 24.3. The molecule has 0 heterocycles. The molecule has 3 atom stereocenters. The normalized spacial score (nSPS) is 24.2. The van der Waals surface area contributed by atoms with Gasteiger partial charge in [0.1, 0.15) is 6.54 Å². The second-order valence-electron chi connectivity index (χ2n) is 4.45. The number of amides is 1. The Labute approximate surface area is 102 Å². The van der Waals surface area contributed by atoms with Crippen LogP contribution in [0.3, 0.4) is 0 Å². The van der Waals surface area contributed by atoms with E-state index in [2.05, 4.69) is 0 Å². The van der Waals surface area contributed by atoms with Gasteiger partial charge in [-0.15, -0.1) is 0 Å². The summed E-state index contributed by atoms with van der Waals surface area (Å²) < 4.78 is 5.36. The first-order chi connectivity index (χ1) is 8.01. The third-order valence-corrected chi connectivity index (χ3v) is 3.14. The molecular formula is C12H21NO4. The predicted molar refractivity (Wildman–Crippen MR) is 62.6 cm³/mol. The number of hydrogen-bond donors (Lipinski definition) is 1. The Morgan fingerprint density at radius 1 is 1.47 bits per heavy atom. The minimum absolute atomic E-state index is 0.00662. The molecule has 0 spiro atoms. The lowest BCUT2D eigenvalue weighted by atomic mass is 10.2. The standard InChI is InChI=1S/C12H21NO4/c1-4-8(3)13(7-11(14)15)12(16)9-6-10(9)17-5-2/h8-10H,4-7H2,1-3H3,(H,14,15). The van der Waals surface area contributed by atoms with Crippen molar-refractivity contribution in [1.29, 1.82) is 0 Å². The van der Waals surface area contributed by atoms with Gasteiger partial charge >= 0.3 is 5.97 Å². The lowest BCUT2D eigenvalue weighted by Crippen LogP contribution is -2.43. The highest BCUT2D eigenvalue weighted by Crippen LogP contribution is 2.35. The number of carboxylic acids is 1. The van der Waals surface area contributed by atoms with Crippen LogP contribution in [0.15, 0.2) is 0 Å². The van der Waals surface area contributed by atoms with Gasteiger partial charge in [0.05, 0.1) is 12.0 Å². The number of rotatable bonds is 7. The lowest BCUT2D eigenvalue weighted by Gasteiger charge is -2.27. The van der Waals surface area contributed by atoms with Gasteiger partial charge in [-0.05, 0) is 26.7 Å². The summed E-state index contributed by atoms with van der Waals surface area (Å²) in [5, 5.41) is 8.82. The van der Waals surface area contributed by atoms with Crippen molar-refractivity contribution >= 4 is 11.9 Å². The largest absolute Gasteiger partial charge is 0.480 e. The van der Waals surface area contributed by atoms with Crippen molar-refractivity contribution in [1.82, 2.24) is 4.90 Å². The monoisotopic (exact) mass is 243 g/mol. The number of hydrogen-bond acceptors (Lipinski definition) is 3. The number of nitrogens with zero attached hydrogens (tertiary/aromatic N) is 1. The molecule has 0 aromatic carbocycles. The van der Waals surface area contributed by atoms with Crippen molar-refractivity contribution < 1.29 is 19.4 Å². The minimum Gasteiger partial charge on any atom is -0.480 e. The van der Waals surface area contributed by atoms with Crippen LogP contribution in [0.4, 0.5) is 0 Å². The highest BCUT2D eigenvalue weighted by Gasteiger charge is 2.46. The molecule has 17 heavy (non-hydrogen) atoms. The highest BCUT2D eigenvalue weighted by atomic mass is 16.5. The fourth-order valence-corrected chi connectivity index (χ4v) is 1.86. The molecule has 0 aromatic rings. The van der Waals surface area contributed by atoms with E-state index in [0.29, 0.717) is 6.61 Å². The smallest absolute Gasteiger partial charge is 0.323 e. The average molecular weight is 243 g/mol. The molecule has 0 radical (unpaired) electrons. The number of ether oxygens (including phenoxy) is 1. The molecule has 0 aliphatic heterocycles. The van der Waals surface area contributed by atoms with Gasteiger partial charge in [0.25, 0.3) is 0 Å². The van der Waals surface area contributed by atoms with Gasteiger partial charge in [-0.2, -0.15) is 0 Å². The zero-order valence-corrected chi connectivity index (χ0v) is 10.7. The molecular weight excluding hydrogens is 222 g/mol. The maximum Gasteiger partial charge on any atom is 0.323 e. The van der Waals surface area contributed by atoms with E-state index in [1.54, 1.807) is 0 Å². The van der Waals surface area contributed by atoms with Crippen LogP contribution in [0.5, 0.6) is 0 Å². The molecule has 5 nitrogen and oxygen atoms in total. The van der Waals surface area contributed by atoms with Crippen LogP contribution in [0, 0.1) is 5.92 Å². The van der Waals surface area contributed by atoms with Crippen molar-refractivity contribution in [2.75, 3.05) is 13.2 Å². The quantitative estimate of drug-likeness (QED) is 0.727. The van der Waals surface area contributed by atoms with Crippen LogP contribution in [-0.4, -0.2) is 47.2 Å². The van der Waals surface area contributed by atoms with Crippen LogP contribution < -0.4 is 0 Å². The van der Waals surface area contributed by atoms with Gasteiger partial charge in [0, 0.05) is 12.6 Å². The van der Waals surface area contributed by atoms with Crippen molar-refractivity contribution in [3.05, 3.63) is 0 Å². The number of carboxylic acid groups (broad SMARTS) is 1. The van der Waals surface area contributed by atoms with Crippen LogP contribution in [0.2, 0.25) is 0 Å². The summed E-state index contributed by atoms with van der Waals surface area (Å²) in [6, 6.07) is -0.0403. The molecule has 1 saturated carbocycles. The fraction of sp³-hybridized carbons (Fsp3) is 0.833. The van der Waals surface area contributed by atoms with E-state index in [1.807, 2.05) is 20.8 Å². The maximum absolute atomic E-state index is 12.1. The number of carbonyl (C=O) groups excluding carboxylic acids is 1. The molecule has 5 heteroatoms. The molecule has 98 valence electrons. The van der Waals surface area contributed by atoms with E-state index in [4.69, 9.17) is 9.84 Å². The number of carbonyl (C=O) groups is 2. The van der Waals surface area contributed by atoms with Gasteiger partial charge in [0.15, 0.2) is 0 Å². The third kappa shape index (κ3) is 3.70. The zero-order chi connectivity index (χ0) is 13.0. The molecule has 1 amide bonds. The zero-order valence-electron chi connectivity index (χ0n) is 10.7. The van der Waals surface area contributed by atoms with Gasteiger partial charge in [-0.3, -0.25) is 9.59 Å². The number of aliphatic carboxylic acids is 1. The first-order valence-electron chi connectivity index (χ1n) is 6.15. The molecule has 3 unspecified atom stereocenters. The molecule has 0 aromatic heterocycles. The fourth-order valence-electron chi connectivity index (χ4n) is 1.86. The molecule has 1 aliphatic rings. The van der Waals surface area contributed by atoms with Crippen molar-refractivity contribution in [3.63, 3.8) is 0 Å². The topological polar surface area (TPSA) is 66.8 Å². The molecule has 0 bridgehead atoms. The molecule has 1 fully saturated rings. The third-order valence-electron chi connectivity index (χ3n) is 3.14. The Morgan fingerprint density at radius 3 is 2.59 bits per heavy atom. The van der Waals surface area contributed by atoms with E-state index < -0.39 is 5.97 Å². The molecule has 0 saturated heterocycles. The Hall–Kier alpha value is -1.10. The van der Waals surface area contributed by atoms with Gasteiger partial charge in [-0.1, -0.05) is 6.92 Å². The van der Waals surface area contributed by atoms with Crippen molar-refractivity contribution in [2.45, 2.75) is 45.8 Å². The Bertz CT molecular complexity index is 292. The van der Waals surface area contributed by atoms with Crippen LogP contribution >= 0.6 is 0 Å². The summed E-state index contributed by atoms with van der Waals surface area (Å²) in [7, 11) is 0. The van der Waals surface area contributed by atoms with Crippen LogP contribution in [0.1, 0.15) is 33.6 Å². The van der Waals surface area contributed by atoms with Crippen molar-refractivity contribution in [2.24, 2.45) is 5.92 Å². The summed E-state index contributed by atoms with van der Waals surface area (Å²) in [6.45, 7) is 6.09. The van der Waals surface area contributed by atoms with E-state index >= 15 is 0 Å². The average Bonchev–Trinajstić information content (AvgIpc) is 3.03. The van der Waals surface area contributed by atoms with Gasteiger partial charge in [0.2, 0.25) is 5.91 Å². The van der Waals surface area contributed by atoms with E-state index in [1.165, 1.54) is 4.90 Å². The van der Waals surface area contributed by atoms with Crippen LogP contribution in [-0.2, 0) is 14.3 Å².